The first kappa shape index (κ1) is 21.5. The predicted octanol–water partition coefficient (Wildman–Crippen LogP) is 5.13. The van der Waals surface area contributed by atoms with Crippen LogP contribution in [0.25, 0.3) is 0 Å². The van der Waals surface area contributed by atoms with Gasteiger partial charge in [0.25, 0.3) is 0 Å². The summed E-state index contributed by atoms with van der Waals surface area (Å²) in [5.74, 6) is -0.838. The van der Waals surface area contributed by atoms with Gasteiger partial charge in [0.2, 0.25) is 11.8 Å². The van der Waals surface area contributed by atoms with Gasteiger partial charge in [0.15, 0.2) is 0 Å². The van der Waals surface area contributed by atoms with Gasteiger partial charge in [-0.1, -0.05) is 38.1 Å². The summed E-state index contributed by atoms with van der Waals surface area (Å²) in [6.45, 7) is 6.67. The highest BCUT2D eigenvalue weighted by Gasteiger charge is 2.31. The van der Waals surface area contributed by atoms with E-state index in [-0.39, 0.29) is 18.2 Å². The van der Waals surface area contributed by atoms with Gasteiger partial charge >= 0.3 is 6.18 Å². The Morgan fingerprint density at radius 1 is 1.11 bits per heavy atom. The third kappa shape index (κ3) is 5.12. The normalized spacial score (nSPS) is 11.4. The molecule has 7 heteroatoms. The second-order valence-electron chi connectivity index (χ2n) is 6.90. The zero-order valence-electron chi connectivity index (χ0n) is 16.2. The van der Waals surface area contributed by atoms with Crippen molar-refractivity contribution in [1.82, 2.24) is 0 Å². The van der Waals surface area contributed by atoms with Crippen LogP contribution in [0.3, 0.4) is 0 Å². The van der Waals surface area contributed by atoms with Crippen molar-refractivity contribution in [3.8, 4) is 0 Å². The smallest absolute Gasteiger partial charge is 0.324 e. The second kappa shape index (κ2) is 8.46. The molecule has 0 aliphatic heterocycles. The van der Waals surface area contributed by atoms with E-state index in [4.69, 9.17) is 0 Å². The Morgan fingerprint density at radius 3 is 2.32 bits per heavy atom. The van der Waals surface area contributed by atoms with E-state index in [2.05, 4.69) is 5.32 Å². The number of benzene rings is 2. The van der Waals surface area contributed by atoms with Crippen LogP contribution in [0.4, 0.5) is 24.5 Å². The van der Waals surface area contributed by atoms with Gasteiger partial charge in [0.1, 0.15) is 6.54 Å². The summed E-state index contributed by atoms with van der Waals surface area (Å²) in [4.78, 5) is 25.6. The molecule has 0 bridgehead atoms. The molecule has 2 rings (SSSR count). The minimum Gasteiger partial charge on any atom is -0.324 e. The first-order valence-electron chi connectivity index (χ1n) is 8.85. The highest BCUT2D eigenvalue weighted by molar-refractivity contribution is 6.02. The van der Waals surface area contributed by atoms with Gasteiger partial charge in [-0.05, 0) is 42.2 Å². The SMILES string of the molecule is CC(=O)N(CC(=O)Nc1c(C)cccc1C(C)C)c1cccc(C(F)(F)F)c1. The monoisotopic (exact) mass is 392 g/mol. The number of para-hydroxylation sites is 1. The van der Waals surface area contributed by atoms with Gasteiger partial charge in [-0.15, -0.1) is 0 Å². The average molecular weight is 392 g/mol. The Balaban J connectivity index is 2.27. The molecule has 0 saturated heterocycles. The molecule has 0 aromatic heterocycles. The summed E-state index contributed by atoms with van der Waals surface area (Å²) in [6, 6.07) is 10.0. The van der Waals surface area contributed by atoms with Crippen molar-refractivity contribution in [3.63, 3.8) is 0 Å². The molecule has 0 heterocycles. The quantitative estimate of drug-likeness (QED) is 0.767. The molecule has 0 radical (unpaired) electrons. The minimum atomic E-state index is -4.53. The lowest BCUT2D eigenvalue weighted by Gasteiger charge is -2.23. The van der Waals surface area contributed by atoms with E-state index in [0.717, 1.165) is 28.2 Å². The first-order chi connectivity index (χ1) is 13.0. The average Bonchev–Trinajstić information content (AvgIpc) is 2.60. The maximum atomic E-state index is 13.0. The number of amides is 2. The molecule has 0 aliphatic carbocycles. The molecule has 0 atom stereocenters. The van der Waals surface area contributed by atoms with Crippen LogP contribution in [0.2, 0.25) is 0 Å². The predicted molar refractivity (Wildman–Crippen MR) is 103 cm³/mol. The topological polar surface area (TPSA) is 49.4 Å². The molecule has 0 saturated carbocycles. The largest absolute Gasteiger partial charge is 0.416 e. The highest BCUT2D eigenvalue weighted by Crippen LogP contribution is 2.32. The molecule has 150 valence electrons. The molecule has 0 fully saturated rings. The zero-order valence-corrected chi connectivity index (χ0v) is 16.2. The van der Waals surface area contributed by atoms with Crippen molar-refractivity contribution in [2.45, 2.75) is 39.8 Å². The molecular weight excluding hydrogens is 369 g/mol. The van der Waals surface area contributed by atoms with E-state index in [1.807, 2.05) is 39.0 Å². The third-order valence-electron chi connectivity index (χ3n) is 4.36. The number of halogens is 3. The summed E-state index contributed by atoms with van der Waals surface area (Å²) < 4.78 is 38.9. The maximum Gasteiger partial charge on any atom is 0.416 e. The van der Waals surface area contributed by atoms with Gasteiger partial charge in [-0.25, -0.2) is 0 Å². The highest BCUT2D eigenvalue weighted by atomic mass is 19.4. The lowest BCUT2D eigenvalue weighted by atomic mass is 9.98. The van der Waals surface area contributed by atoms with Crippen LogP contribution in [-0.4, -0.2) is 18.4 Å². The van der Waals surface area contributed by atoms with Crippen LogP contribution in [-0.2, 0) is 15.8 Å². The van der Waals surface area contributed by atoms with Crippen LogP contribution >= 0.6 is 0 Å². The number of alkyl halides is 3. The Bertz CT molecular complexity index is 876. The van der Waals surface area contributed by atoms with E-state index in [1.54, 1.807) is 0 Å². The fourth-order valence-corrected chi connectivity index (χ4v) is 2.90. The van der Waals surface area contributed by atoms with E-state index in [1.165, 1.54) is 19.1 Å². The molecule has 4 nitrogen and oxygen atoms in total. The fourth-order valence-electron chi connectivity index (χ4n) is 2.90. The number of anilines is 2. The maximum absolute atomic E-state index is 13.0. The Labute approximate surface area is 162 Å². The van der Waals surface area contributed by atoms with Gasteiger partial charge in [0, 0.05) is 18.3 Å². The van der Waals surface area contributed by atoms with Crippen LogP contribution in [0.5, 0.6) is 0 Å². The van der Waals surface area contributed by atoms with Crippen LogP contribution in [0.15, 0.2) is 42.5 Å². The number of nitrogens with one attached hydrogen (secondary N) is 1. The minimum absolute atomic E-state index is 0.0198. The van der Waals surface area contributed by atoms with Gasteiger partial charge in [-0.2, -0.15) is 13.2 Å². The molecule has 2 aromatic rings. The van der Waals surface area contributed by atoms with E-state index in [9.17, 15) is 22.8 Å². The molecule has 2 aromatic carbocycles. The fraction of sp³-hybridized carbons (Fsp3) is 0.333. The number of nitrogens with zero attached hydrogens (tertiary/aromatic N) is 1. The molecule has 2 amide bonds. The molecule has 0 aliphatic rings. The number of hydrogen-bond acceptors (Lipinski definition) is 2. The molecular formula is C21H23F3N2O2. The van der Waals surface area contributed by atoms with E-state index >= 15 is 0 Å². The standard InChI is InChI=1S/C21H23F3N2O2/c1-13(2)18-10-5-7-14(3)20(18)25-19(28)12-26(15(4)27)17-9-6-8-16(11-17)21(22,23)24/h5-11,13H,12H2,1-4H3,(H,25,28). The number of carbonyl (C=O) groups is 2. The van der Waals surface area contributed by atoms with Crippen molar-refractivity contribution < 1.29 is 22.8 Å². The second-order valence-corrected chi connectivity index (χ2v) is 6.90. The van der Waals surface area contributed by atoms with Crippen molar-refractivity contribution in [2.75, 3.05) is 16.8 Å². The van der Waals surface area contributed by atoms with E-state index < -0.39 is 23.6 Å². The van der Waals surface area contributed by atoms with Crippen LogP contribution in [0, 0.1) is 6.92 Å². The molecule has 0 unspecified atom stereocenters. The number of rotatable bonds is 5. The van der Waals surface area contributed by atoms with Gasteiger partial charge < -0.3 is 10.2 Å². The first-order valence-corrected chi connectivity index (χ1v) is 8.85. The summed E-state index contributed by atoms with van der Waals surface area (Å²) >= 11 is 0. The van der Waals surface area contributed by atoms with Crippen molar-refractivity contribution >= 4 is 23.2 Å². The van der Waals surface area contributed by atoms with E-state index in [0.29, 0.717) is 5.69 Å². The molecule has 0 spiro atoms. The Kier molecular flexibility index (Phi) is 6.48. The lowest BCUT2D eigenvalue weighted by Crippen LogP contribution is -2.37. The lowest BCUT2D eigenvalue weighted by molar-refractivity contribution is -0.137. The summed E-state index contributed by atoms with van der Waals surface area (Å²) in [5.41, 5.74) is 1.62. The van der Waals surface area contributed by atoms with Crippen molar-refractivity contribution in [3.05, 3.63) is 59.2 Å². The van der Waals surface area contributed by atoms with Crippen LogP contribution in [0.1, 0.15) is 43.4 Å². The number of carbonyl (C=O) groups excluding carboxylic acids is 2. The summed E-state index contributed by atoms with van der Waals surface area (Å²) in [6.07, 6.45) is -4.53. The molecule has 1 N–H and O–H groups in total. The number of aryl methyl sites for hydroxylation is 1. The zero-order chi connectivity index (χ0) is 21.1. The van der Waals surface area contributed by atoms with Crippen molar-refractivity contribution in [1.29, 1.82) is 0 Å². The summed E-state index contributed by atoms with van der Waals surface area (Å²) in [5, 5.41) is 2.81. The molecule has 28 heavy (non-hydrogen) atoms. The number of hydrogen-bond donors (Lipinski definition) is 1. The Hall–Kier alpha value is -2.83. The third-order valence-corrected chi connectivity index (χ3v) is 4.36. The summed E-state index contributed by atoms with van der Waals surface area (Å²) in [7, 11) is 0. The Morgan fingerprint density at radius 2 is 1.75 bits per heavy atom. The van der Waals surface area contributed by atoms with Gasteiger partial charge in [0.05, 0.1) is 5.56 Å². The van der Waals surface area contributed by atoms with Crippen LogP contribution < -0.4 is 10.2 Å². The van der Waals surface area contributed by atoms with Gasteiger partial charge in [-0.3, -0.25) is 9.59 Å². The van der Waals surface area contributed by atoms with Crippen molar-refractivity contribution in [2.24, 2.45) is 0 Å².